The number of carboxylic acids is 1. The average Bonchev–Trinajstić information content (AvgIpc) is 2.89. The Morgan fingerprint density at radius 2 is 2.19 bits per heavy atom. The van der Waals surface area contributed by atoms with Gasteiger partial charge in [0.05, 0.1) is 7.11 Å². The summed E-state index contributed by atoms with van der Waals surface area (Å²) in [5.41, 5.74) is 1.44. The number of hydrogen-bond acceptors (Lipinski definition) is 3. The molecule has 0 spiro atoms. The third-order valence-corrected chi connectivity index (χ3v) is 3.27. The van der Waals surface area contributed by atoms with Crippen LogP contribution >= 0.6 is 0 Å². The molecule has 5 nitrogen and oxygen atoms in total. The van der Waals surface area contributed by atoms with Crippen molar-refractivity contribution >= 4 is 5.97 Å². The Labute approximate surface area is 124 Å². The molecule has 0 aliphatic carbocycles. The summed E-state index contributed by atoms with van der Waals surface area (Å²) in [6.45, 7) is 4.97. The number of carbonyl (C=O) groups is 1. The molecule has 0 fully saturated rings. The fraction of sp³-hybridized carbons (Fsp3) is 0.375. The van der Waals surface area contributed by atoms with Crippen LogP contribution in [0.25, 0.3) is 11.3 Å². The quantitative estimate of drug-likeness (QED) is 0.885. The Balaban J connectivity index is 2.38. The number of aromatic nitrogens is 2. The van der Waals surface area contributed by atoms with Crippen molar-refractivity contribution in [2.45, 2.75) is 26.8 Å². The summed E-state index contributed by atoms with van der Waals surface area (Å²) in [6, 6.07) is 7.28. The predicted octanol–water partition coefficient (Wildman–Crippen LogP) is 3.30. The summed E-state index contributed by atoms with van der Waals surface area (Å²) < 4.78 is 6.89. The van der Waals surface area contributed by atoms with Crippen LogP contribution in [0.4, 0.5) is 0 Å². The summed E-state index contributed by atoms with van der Waals surface area (Å²) in [6.07, 6.45) is 2.55. The molecule has 0 aliphatic heterocycles. The van der Waals surface area contributed by atoms with E-state index in [4.69, 9.17) is 4.74 Å². The number of benzene rings is 1. The van der Waals surface area contributed by atoms with Gasteiger partial charge in [0.25, 0.3) is 0 Å². The zero-order chi connectivity index (χ0) is 15.4. The Morgan fingerprint density at radius 1 is 1.43 bits per heavy atom. The van der Waals surface area contributed by atoms with E-state index in [1.54, 1.807) is 24.1 Å². The predicted molar refractivity (Wildman–Crippen MR) is 80.6 cm³/mol. The van der Waals surface area contributed by atoms with Gasteiger partial charge in [0.1, 0.15) is 17.0 Å². The topological polar surface area (TPSA) is 64.4 Å². The standard InChI is InChI=1S/C16H20N2O3/c1-11(2)7-8-18-10-14(16(19)20)15(17-18)12-5-4-6-13(9-12)21-3/h4-6,9-11H,7-8H2,1-3H3,(H,19,20). The number of carboxylic acid groups (broad SMARTS) is 1. The van der Waals surface area contributed by atoms with Crippen molar-refractivity contribution < 1.29 is 14.6 Å². The molecule has 0 bridgehead atoms. The fourth-order valence-corrected chi connectivity index (χ4v) is 2.07. The van der Waals surface area contributed by atoms with Crippen molar-refractivity contribution in [3.63, 3.8) is 0 Å². The van der Waals surface area contributed by atoms with Gasteiger partial charge in [-0.15, -0.1) is 0 Å². The molecule has 0 radical (unpaired) electrons. The highest BCUT2D eigenvalue weighted by Gasteiger charge is 2.17. The van der Waals surface area contributed by atoms with Crippen LogP contribution in [0.2, 0.25) is 0 Å². The molecule has 0 aliphatic rings. The molecule has 2 aromatic rings. The molecule has 0 unspecified atom stereocenters. The van der Waals surface area contributed by atoms with Crippen molar-refractivity contribution in [1.29, 1.82) is 0 Å². The second-order valence-electron chi connectivity index (χ2n) is 5.37. The molecule has 0 saturated heterocycles. The van der Waals surface area contributed by atoms with Gasteiger partial charge in [-0.2, -0.15) is 5.10 Å². The van der Waals surface area contributed by atoms with E-state index in [1.165, 1.54) is 0 Å². The van der Waals surface area contributed by atoms with E-state index < -0.39 is 5.97 Å². The maximum Gasteiger partial charge on any atom is 0.339 e. The average molecular weight is 288 g/mol. The largest absolute Gasteiger partial charge is 0.497 e. The van der Waals surface area contributed by atoms with E-state index in [-0.39, 0.29) is 5.56 Å². The van der Waals surface area contributed by atoms with Crippen LogP contribution < -0.4 is 4.74 Å². The Morgan fingerprint density at radius 3 is 2.81 bits per heavy atom. The minimum Gasteiger partial charge on any atom is -0.497 e. The van der Waals surface area contributed by atoms with Gasteiger partial charge in [0, 0.05) is 18.3 Å². The van der Waals surface area contributed by atoms with Gasteiger partial charge < -0.3 is 9.84 Å². The first-order chi connectivity index (χ1) is 10.0. The van der Waals surface area contributed by atoms with Crippen molar-refractivity contribution in [1.82, 2.24) is 9.78 Å². The fourth-order valence-electron chi connectivity index (χ4n) is 2.07. The lowest BCUT2D eigenvalue weighted by molar-refractivity contribution is 0.0697. The van der Waals surface area contributed by atoms with Gasteiger partial charge >= 0.3 is 5.97 Å². The highest BCUT2D eigenvalue weighted by molar-refractivity contribution is 5.94. The number of aryl methyl sites for hydroxylation is 1. The maximum atomic E-state index is 11.4. The molecule has 0 atom stereocenters. The molecule has 1 aromatic heterocycles. The monoisotopic (exact) mass is 288 g/mol. The van der Waals surface area contributed by atoms with E-state index in [0.717, 1.165) is 12.0 Å². The smallest absolute Gasteiger partial charge is 0.339 e. The first kappa shape index (κ1) is 15.1. The number of hydrogen-bond donors (Lipinski definition) is 1. The second-order valence-corrected chi connectivity index (χ2v) is 5.37. The Hall–Kier alpha value is -2.30. The number of nitrogens with zero attached hydrogens (tertiary/aromatic N) is 2. The van der Waals surface area contributed by atoms with Gasteiger partial charge in [-0.3, -0.25) is 4.68 Å². The van der Waals surface area contributed by atoms with Crippen LogP contribution in [-0.2, 0) is 6.54 Å². The third-order valence-electron chi connectivity index (χ3n) is 3.27. The Bertz CT molecular complexity index is 632. The van der Waals surface area contributed by atoms with Gasteiger partial charge in [-0.1, -0.05) is 26.0 Å². The highest BCUT2D eigenvalue weighted by atomic mass is 16.5. The minimum atomic E-state index is -0.969. The zero-order valence-corrected chi connectivity index (χ0v) is 12.5. The van der Waals surface area contributed by atoms with Crippen LogP contribution in [0, 0.1) is 5.92 Å². The van der Waals surface area contributed by atoms with E-state index >= 15 is 0 Å². The van der Waals surface area contributed by atoms with E-state index in [2.05, 4.69) is 18.9 Å². The minimum absolute atomic E-state index is 0.215. The van der Waals surface area contributed by atoms with Crippen LogP contribution in [0.5, 0.6) is 5.75 Å². The number of aromatic carboxylic acids is 1. The number of ether oxygens (including phenoxy) is 1. The zero-order valence-electron chi connectivity index (χ0n) is 12.5. The van der Waals surface area contributed by atoms with Crippen molar-refractivity contribution in [2.75, 3.05) is 7.11 Å². The molecule has 1 N–H and O–H groups in total. The van der Waals surface area contributed by atoms with Crippen molar-refractivity contribution in [3.05, 3.63) is 36.0 Å². The van der Waals surface area contributed by atoms with E-state index in [9.17, 15) is 9.90 Å². The molecule has 0 amide bonds. The van der Waals surface area contributed by atoms with E-state index in [0.29, 0.717) is 23.9 Å². The first-order valence-electron chi connectivity index (χ1n) is 6.96. The van der Waals surface area contributed by atoms with E-state index in [1.807, 2.05) is 18.2 Å². The van der Waals surface area contributed by atoms with Crippen LogP contribution in [0.1, 0.15) is 30.6 Å². The van der Waals surface area contributed by atoms with Gasteiger partial charge in [0.2, 0.25) is 0 Å². The normalized spacial score (nSPS) is 10.9. The SMILES string of the molecule is COc1cccc(-c2nn(CCC(C)C)cc2C(=O)O)c1. The van der Waals surface area contributed by atoms with Crippen LogP contribution in [0.3, 0.4) is 0 Å². The van der Waals surface area contributed by atoms with Crippen LogP contribution in [0.15, 0.2) is 30.5 Å². The molecule has 0 saturated carbocycles. The number of rotatable bonds is 6. The molecule has 21 heavy (non-hydrogen) atoms. The summed E-state index contributed by atoms with van der Waals surface area (Å²) in [7, 11) is 1.58. The van der Waals surface area contributed by atoms with Crippen LogP contribution in [-0.4, -0.2) is 28.0 Å². The molecular weight excluding hydrogens is 268 g/mol. The summed E-state index contributed by atoms with van der Waals surface area (Å²) in [4.78, 5) is 11.4. The lowest BCUT2D eigenvalue weighted by atomic mass is 10.1. The number of methoxy groups -OCH3 is 1. The second kappa shape index (κ2) is 6.43. The maximum absolute atomic E-state index is 11.4. The molecule has 1 aromatic carbocycles. The first-order valence-corrected chi connectivity index (χ1v) is 6.96. The summed E-state index contributed by atoms with van der Waals surface area (Å²) in [5, 5.41) is 13.8. The van der Waals surface area contributed by atoms with Gasteiger partial charge in [-0.25, -0.2) is 4.79 Å². The molecule has 5 heteroatoms. The third kappa shape index (κ3) is 3.62. The lowest BCUT2D eigenvalue weighted by Crippen LogP contribution is -2.02. The lowest BCUT2D eigenvalue weighted by Gasteiger charge is -2.04. The molecule has 1 heterocycles. The molecule has 2 rings (SSSR count). The Kier molecular flexibility index (Phi) is 4.62. The summed E-state index contributed by atoms with van der Waals surface area (Å²) in [5.74, 6) is 0.256. The molecular formula is C16H20N2O3. The van der Waals surface area contributed by atoms with Gasteiger partial charge in [-0.05, 0) is 24.5 Å². The van der Waals surface area contributed by atoms with Crippen molar-refractivity contribution in [2.24, 2.45) is 5.92 Å². The van der Waals surface area contributed by atoms with Gasteiger partial charge in [0.15, 0.2) is 0 Å². The van der Waals surface area contributed by atoms with Crippen molar-refractivity contribution in [3.8, 4) is 17.0 Å². The summed E-state index contributed by atoms with van der Waals surface area (Å²) >= 11 is 0. The molecule has 112 valence electrons. The highest BCUT2D eigenvalue weighted by Crippen LogP contribution is 2.26.